The second-order valence-corrected chi connectivity index (χ2v) is 3.92. The van der Waals surface area contributed by atoms with E-state index in [1.807, 2.05) is 18.2 Å². The fourth-order valence-corrected chi connectivity index (χ4v) is 1.91. The molecule has 0 aliphatic carbocycles. The molecule has 0 radical (unpaired) electrons. The van der Waals surface area contributed by atoms with E-state index in [2.05, 4.69) is 6.58 Å². The summed E-state index contributed by atoms with van der Waals surface area (Å²) >= 11 is 0. The van der Waals surface area contributed by atoms with Crippen LogP contribution >= 0.6 is 0 Å². The van der Waals surface area contributed by atoms with E-state index < -0.39 is 0 Å². The van der Waals surface area contributed by atoms with Gasteiger partial charge in [-0.2, -0.15) is 0 Å². The minimum absolute atomic E-state index is 0.205. The first-order valence-corrected chi connectivity index (χ1v) is 5.82. The SMILES string of the molecule is C=CC[C@H](CN)c1cc(OC)c(OC)c(OC)c1. The van der Waals surface area contributed by atoms with Gasteiger partial charge in [-0.3, -0.25) is 0 Å². The van der Waals surface area contributed by atoms with Crippen LogP contribution in [0.3, 0.4) is 0 Å². The van der Waals surface area contributed by atoms with Gasteiger partial charge in [-0.15, -0.1) is 6.58 Å². The molecule has 4 nitrogen and oxygen atoms in total. The van der Waals surface area contributed by atoms with Gasteiger partial charge in [-0.25, -0.2) is 0 Å². The molecule has 1 rings (SSSR count). The van der Waals surface area contributed by atoms with Gasteiger partial charge in [0, 0.05) is 0 Å². The largest absolute Gasteiger partial charge is 0.493 e. The van der Waals surface area contributed by atoms with Gasteiger partial charge in [0.1, 0.15) is 0 Å². The van der Waals surface area contributed by atoms with Crippen LogP contribution < -0.4 is 19.9 Å². The maximum atomic E-state index is 5.78. The van der Waals surface area contributed by atoms with E-state index in [1.165, 1.54) is 0 Å². The highest BCUT2D eigenvalue weighted by Crippen LogP contribution is 2.40. The molecule has 1 aromatic carbocycles. The molecule has 0 aromatic heterocycles. The summed E-state index contributed by atoms with van der Waals surface area (Å²) in [6, 6.07) is 3.87. The molecule has 2 N–H and O–H groups in total. The van der Waals surface area contributed by atoms with Gasteiger partial charge in [0.2, 0.25) is 5.75 Å². The van der Waals surface area contributed by atoms with Crippen LogP contribution in [0, 0.1) is 0 Å². The molecular formula is C14H21NO3. The van der Waals surface area contributed by atoms with Crippen LogP contribution in [-0.4, -0.2) is 27.9 Å². The molecule has 100 valence electrons. The lowest BCUT2D eigenvalue weighted by Gasteiger charge is -2.18. The molecule has 0 spiro atoms. The lowest BCUT2D eigenvalue weighted by atomic mass is 9.95. The summed E-state index contributed by atoms with van der Waals surface area (Å²) < 4.78 is 15.9. The number of ether oxygens (including phenoxy) is 3. The fraction of sp³-hybridized carbons (Fsp3) is 0.429. The minimum atomic E-state index is 0.205. The monoisotopic (exact) mass is 251 g/mol. The molecule has 0 saturated heterocycles. The highest BCUT2D eigenvalue weighted by Gasteiger charge is 2.17. The fourth-order valence-electron chi connectivity index (χ4n) is 1.91. The summed E-state index contributed by atoms with van der Waals surface area (Å²) in [4.78, 5) is 0. The quantitative estimate of drug-likeness (QED) is 0.756. The Bertz CT molecular complexity index is 379. The lowest BCUT2D eigenvalue weighted by molar-refractivity contribution is 0.323. The Labute approximate surface area is 108 Å². The van der Waals surface area contributed by atoms with Gasteiger partial charge in [0.05, 0.1) is 21.3 Å². The zero-order chi connectivity index (χ0) is 13.5. The minimum Gasteiger partial charge on any atom is -0.493 e. The smallest absolute Gasteiger partial charge is 0.203 e. The highest BCUT2D eigenvalue weighted by molar-refractivity contribution is 5.54. The van der Waals surface area contributed by atoms with Gasteiger partial charge in [-0.1, -0.05) is 6.08 Å². The number of allylic oxidation sites excluding steroid dienone is 1. The van der Waals surface area contributed by atoms with Crippen molar-refractivity contribution in [1.29, 1.82) is 0 Å². The molecule has 0 aliphatic rings. The zero-order valence-corrected chi connectivity index (χ0v) is 11.2. The molecule has 0 aliphatic heterocycles. The number of benzene rings is 1. The zero-order valence-electron chi connectivity index (χ0n) is 11.2. The van der Waals surface area contributed by atoms with E-state index >= 15 is 0 Å². The number of rotatable bonds is 7. The molecular weight excluding hydrogens is 230 g/mol. The topological polar surface area (TPSA) is 53.7 Å². The average Bonchev–Trinajstić information content (AvgIpc) is 2.42. The molecule has 4 heteroatoms. The van der Waals surface area contributed by atoms with Crippen molar-refractivity contribution >= 4 is 0 Å². The Morgan fingerprint density at radius 2 is 1.72 bits per heavy atom. The van der Waals surface area contributed by atoms with Crippen molar-refractivity contribution in [3.05, 3.63) is 30.4 Å². The van der Waals surface area contributed by atoms with Crippen LogP contribution in [-0.2, 0) is 0 Å². The first-order chi connectivity index (χ1) is 8.71. The summed E-state index contributed by atoms with van der Waals surface area (Å²) in [5.74, 6) is 2.10. The molecule has 0 fully saturated rings. The normalized spacial score (nSPS) is 11.8. The first-order valence-electron chi connectivity index (χ1n) is 5.82. The number of hydrogen-bond donors (Lipinski definition) is 1. The molecule has 18 heavy (non-hydrogen) atoms. The van der Waals surface area contributed by atoms with E-state index in [1.54, 1.807) is 21.3 Å². The predicted molar refractivity (Wildman–Crippen MR) is 72.7 cm³/mol. The van der Waals surface area contributed by atoms with Crippen molar-refractivity contribution in [2.24, 2.45) is 5.73 Å². The van der Waals surface area contributed by atoms with Gasteiger partial charge in [-0.05, 0) is 36.6 Å². The lowest BCUT2D eigenvalue weighted by Crippen LogP contribution is -2.12. The Hall–Kier alpha value is -1.68. The average molecular weight is 251 g/mol. The van der Waals surface area contributed by atoms with E-state index in [-0.39, 0.29) is 5.92 Å². The van der Waals surface area contributed by atoms with Crippen molar-refractivity contribution in [3.8, 4) is 17.2 Å². The molecule has 1 atom stereocenters. The predicted octanol–water partition coefficient (Wildman–Crippen LogP) is 2.33. The van der Waals surface area contributed by atoms with Crippen LogP contribution in [0.1, 0.15) is 17.9 Å². The summed E-state index contributed by atoms with van der Waals surface area (Å²) in [5.41, 5.74) is 6.85. The van der Waals surface area contributed by atoms with Crippen molar-refractivity contribution in [2.75, 3.05) is 27.9 Å². The first kappa shape index (κ1) is 14.4. The molecule has 0 unspecified atom stereocenters. The van der Waals surface area contributed by atoms with Crippen LogP contribution in [0.2, 0.25) is 0 Å². The number of methoxy groups -OCH3 is 3. The van der Waals surface area contributed by atoms with E-state index in [4.69, 9.17) is 19.9 Å². The van der Waals surface area contributed by atoms with Crippen LogP contribution in [0.5, 0.6) is 17.2 Å². The van der Waals surface area contributed by atoms with Gasteiger partial charge >= 0.3 is 0 Å². The summed E-state index contributed by atoms with van der Waals surface area (Å²) in [5, 5.41) is 0. The van der Waals surface area contributed by atoms with Gasteiger partial charge in [0.25, 0.3) is 0 Å². The summed E-state index contributed by atoms with van der Waals surface area (Å²) in [7, 11) is 4.79. The number of nitrogens with two attached hydrogens (primary N) is 1. The van der Waals surface area contributed by atoms with Crippen molar-refractivity contribution in [3.63, 3.8) is 0 Å². The summed E-state index contributed by atoms with van der Waals surface area (Å²) in [6.07, 6.45) is 2.68. The van der Waals surface area contributed by atoms with Crippen molar-refractivity contribution in [1.82, 2.24) is 0 Å². The third-order valence-electron chi connectivity index (χ3n) is 2.89. The molecule has 0 bridgehead atoms. The number of hydrogen-bond acceptors (Lipinski definition) is 4. The Morgan fingerprint density at radius 3 is 2.06 bits per heavy atom. The maximum absolute atomic E-state index is 5.78. The van der Waals surface area contributed by atoms with E-state index in [0.717, 1.165) is 12.0 Å². The molecule has 0 heterocycles. The Morgan fingerprint density at radius 1 is 1.17 bits per heavy atom. The van der Waals surface area contributed by atoms with Gasteiger partial charge in [0.15, 0.2) is 11.5 Å². The third kappa shape index (κ3) is 2.96. The van der Waals surface area contributed by atoms with Crippen LogP contribution in [0.25, 0.3) is 0 Å². The third-order valence-corrected chi connectivity index (χ3v) is 2.89. The van der Waals surface area contributed by atoms with Crippen LogP contribution in [0.4, 0.5) is 0 Å². The van der Waals surface area contributed by atoms with Crippen LogP contribution in [0.15, 0.2) is 24.8 Å². The molecule has 0 saturated carbocycles. The summed E-state index contributed by atoms with van der Waals surface area (Å²) in [6.45, 7) is 4.30. The van der Waals surface area contributed by atoms with E-state index in [9.17, 15) is 0 Å². The molecule has 0 amide bonds. The second kappa shape index (κ2) is 6.91. The Balaban J connectivity index is 3.25. The van der Waals surface area contributed by atoms with E-state index in [0.29, 0.717) is 23.8 Å². The maximum Gasteiger partial charge on any atom is 0.203 e. The van der Waals surface area contributed by atoms with Crippen molar-refractivity contribution in [2.45, 2.75) is 12.3 Å². The highest BCUT2D eigenvalue weighted by atomic mass is 16.5. The Kier molecular flexibility index (Phi) is 5.52. The molecule has 1 aromatic rings. The second-order valence-electron chi connectivity index (χ2n) is 3.92. The van der Waals surface area contributed by atoms with Gasteiger partial charge < -0.3 is 19.9 Å². The van der Waals surface area contributed by atoms with Crippen molar-refractivity contribution < 1.29 is 14.2 Å². The standard InChI is InChI=1S/C14H21NO3/c1-5-6-10(9-15)11-7-12(16-2)14(18-4)13(8-11)17-3/h5,7-8,10H,1,6,9,15H2,2-4H3/t10-/m1/s1.